The first-order valence-corrected chi connectivity index (χ1v) is 18.0. The highest BCUT2D eigenvalue weighted by Gasteiger charge is 2.25. The molecule has 0 fully saturated rings. The Labute approximate surface area is 259 Å². The van der Waals surface area contributed by atoms with Crippen LogP contribution in [0.25, 0.3) is 11.6 Å². The summed E-state index contributed by atoms with van der Waals surface area (Å²) in [4.78, 5) is 5.34. The molecule has 1 N–H and O–H groups in total. The second kappa shape index (κ2) is 14.2. The fourth-order valence-corrected chi connectivity index (χ4v) is 7.29. The minimum absolute atomic E-state index is 0.0710. The van der Waals surface area contributed by atoms with Crippen molar-refractivity contribution in [3.05, 3.63) is 94.8 Å². The second-order valence-corrected chi connectivity index (χ2v) is 14.7. The summed E-state index contributed by atoms with van der Waals surface area (Å²) < 4.78 is 62.6. The van der Waals surface area contributed by atoms with E-state index >= 15 is 0 Å². The molecule has 1 aromatic heterocycles. The normalized spacial score (nSPS) is 15.0. The van der Waals surface area contributed by atoms with Gasteiger partial charge in [0.25, 0.3) is 0 Å². The summed E-state index contributed by atoms with van der Waals surface area (Å²) in [6.07, 6.45) is 8.18. The summed E-state index contributed by atoms with van der Waals surface area (Å²) >= 11 is 1.56. The first-order valence-electron chi connectivity index (χ1n) is 14.1. The Balaban J connectivity index is 1.61. The number of nitrogens with zero attached hydrogens (tertiary/aromatic N) is 3. The van der Waals surface area contributed by atoms with E-state index in [-0.39, 0.29) is 17.9 Å². The molecule has 2 aromatic carbocycles. The molecule has 3 aromatic rings. The predicted octanol–water partition coefficient (Wildman–Crippen LogP) is 4.19. The molecule has 0 spiro atoms. The topological polar surface area (TPSA) is 114 Å². The molecule has 2 heterocycles. The highest BCUT2D eigenvalue weighted by molar-refractivity contribution is 8.03. The van der Waals surface area contributed by atoms with Gasteiger partial charge in [0.2, 0.25) is 10.0 Å². The molecule has 43 heavy (non-hydrogen) atoms. The molecule has 0 amide bonds. The van der Waals surface area contributed by atoms with E-state index in [4.69, 9.17) is 0 Å². The van der Waals surface area contributed by atoms with Crippen molar-refractivity contribution in [2.24, 2.45) is 7.05 Å². The standard InChI is InChI=1S/C31H38N4O5S3/c1-5-35(6-2)23-25-8-10-26(11-9-25)27(20-24-14-17-33(3)18-15-24)21-31-34(4)29-22-28(12-13-30(29)41-31)43(39,40)32-16-7-19-42(36,37)38/h8-15,17-18,20-22,32H,5-7,16,19,23H2,1-4H3. The van der Waals surface area contributed by atoms with E-state index in [2.05, 4.69) is 72.0 Å². The second-order valence-electron chi connectivity index (χ2n) is 10.3. The Morgan fingerprint density at radius 1 is 1.02 bits per heavy atom. The van der Waals surface area contributed by atoms with Crippen LogP contribution < -0.4 is 14.2 Å². The Hall–Kier alpha value is -3.00. The number of allylic oxidation sites excluding steroid dienone is 2. The lowest BCUT2D eigenvalue weighted by Crippen LogP contribution is -2.26. The van der Waals surface area contributed by atoms with Crippen LogP contribution >= 0.6 is 11.8 Å². The van der Waals surface area contributed by atoms with Gasteiger partial charge >= 0.3 is 0 Å². The quantitative estimate of drug-likeness (QED) is 0.168. The van der Waals surface area contributed by atoms with Crippen molar-refractivity contribution >= 4 is 49.2 Å². The van der Waals surface area contributed by atoms with Crippen LogP contribution in [-0.4, -0.2) is 58.7 Å². The number of pyridine rings is 1. The number of rotatable bonds is 13. The summed E-state index contributed by atoms with van der Waals surface area (Å²) in [6.45, 7) is 7.08. The first kappa shape index (κ1) is 32.9. The molecule has 4 rings (SSSR count). The minimum Gasteiger partial charge on any atom is -0.748 e. The van der Waals surface area contributed by atoms with Crippen molar-refractivity contribution in [3.63, 3.8) is 0 Å². The maximum atomic E-state index is 12.9. The van der Waals surface area contributed by atoms with Crippen LogP contribution in [0, 0.1) is 0 Å². The van der Waals surface area contributed by atoms with Crippen LogP contribution in [0.1, 0.15) is 37.0 Å². The molecule has 9 nitrogen and oxygen atoms in total. The monoisotopic (exact) mass is 642 g/mol. The average molecular weight is 643 g/mol. The Kier molecular flexibility index (Phi) is 10.9. The summed E-state index contributed by atoms with van der Waals surface area (Å²) in [7, 11) is -4.40. The van der Waals surface area contributed by atoms with Gasteiger partial charge in [-0.1, -0.05) is 49.9 Å². The van der Waals surface area contributed by atoms with Crippen LogP contribution in [0.2, 0.25) is 0 Å². The van der Waals surface area contributed by atoms with Crippen LogP contribution in [-0.2, 0) is 33.7 Å². The molecule has 0 unspecified atom stereocenters. The van der Waals surface area contributed by atoms with E-state index in [0.29, 0.717) is 0 Å². The van der Waals surface area contributed by atoms with Gasteiger partial charge in [-0.2, -0.15) is 0 Å². The van der Waals surface area contributed by atoms with Gasteiger partial charge in [0.15, 0.2) is 12.4 Å². The van der Waals surface area contributed by atoms with Crippen molar-refractivity contribution in [2.75, 3.05) is 37.3 Å². The number of hydrogen-bond donors (Lipinski definition) is 1. The first-order chi connectivity index (χ1) is 20.4. The molecule has 1 aliphatic heterocycles. The molecular weight excluding hydrogens is 605 g/mol. The predicted molar refractivity (Wildman–Crippen MR) is 172 cm³/mol. The Morgan fingerprint density at radius 2 is 1.70 bits per heavy atom. The molecule has 0 radical (unpaired) electrons. The average Bonchev–Trinajstić information content (AvgIpc) is 3.29. The number of thioether (sulfide) groups is 1. The number of nitrogens with one attached hydrogen (secondary N) is 1. The zero-order valence-electron chi connectivity index (χ0n) is 24.9. The van der Waals surface area contributed by atoms with Gasteiger partial charge in [-0.05, 0) is 72.1 Å². The number of sulfonamides is 1. The smallest absolute Gasteiger partial charge is 0.240 e. The molecule has 1 aliphatic rings. The van der Waals surface area contributed by atoms with Gasteiger partial charge in [0.1, 0.15) is 7.05 Å². The van der Waals surface area contributed by atoms with E-state index in [0.717, 1.165) is 51.9 Å². The molecule has 0 atom stereocenters. The fourth-order valence-electron chi connectivity index (χ4n) is 4.62. The summed E-state index contributed by atoms with van der Waals surface area (Å²) in [5.41, 5.74) is 5.16. The van der Waals surface area contributed by atoms with Crippen LogP contribution in [0.3, 0.4) is 0 Å². The third-order valence-corrected chi connectivity index (χ3v) is 10.6. The Morgan fingerprint density at radius 3 is 2.33 bits per heavy atom. The molecule has 0 saturated carbocycles. The molecule has 0 bridgehead atoms. The summed E-state index contributed by atoms with van der Waals surface area (Å²) in [5, 5.41) is 0.943. The van der Waals surface area contributed by atoms with Gasteiger partial charge in [-0.25, -0.2) is 26.1 Å². The molecular formula is C31H38N4O5S3. The van der Waals surface area contributed by atoms with Crippen molar-refractivity contribution in [3.8, 4) is 0 Å². The third kappa shape index (κ3) is 9.01. The summed E-state index contributed by atoms with van der Waals surface area (Å²) in [6, 6.07) is 17.7. The number of anilines is 1. The van der Waals surface area contributed by atoms with E-state index in [9.17, 15) is 21.4 Å². The third-order valence-electron chi connectivity index (χ3n) is 7.20. The lowest BCUT2D eigenvalue weighted by atomic mass is 10.0. The van der Waals surface area contributed by atoms with E-state index in [1.807, 2.05) is 36.0 Å². The largest absolute Gasteiger partial charge is 0.748 e. The van der Waals surface area contributed by atoms with Crippen molar-refractivity contribution in [1.29, 1.82) is 0 Å². The van der Waals surface area contributed by atoms with Crippen LogP contribution in [0.5, 0.6) is 0 Å². The molecule has 230 valence electrons. The number of fused-ring (bicyclic) bond motifs is 1. The van der Waals surface area contributed by atoms with Gasteiger partial charge in [-0.3, -0.25) is 4.90 Å². The number of aromatic nitrogens is 1. The van der Waals surface area contributed by atoms with Crippen molar-refractivity contribution in [2.45, 2.75) is 36.6 Å². The minimum atomic E-state index is -4.40. The fraction of sp³-hybridized carbons (Fsp3) is 0.323. The zero-order valence-corrected chi connectivity index (χ0v) is 27.3. The lowest BCUT2D eigenvalue weighted by Gasteiger charge is -2.18. The summed E-state index contributed by atoms with van der Waals surface area (Å²) in [5.74, 6) is -0.622. The van der Waals surface area contributed by atoms with Crippen LogP contribution in [0.4, 0.5) is 5.69 Å². The van der Waals surface area contributed by atoms with Gasteiger partial charge in [-0.15, -0.1) is 0 Å². The SMILES string of the molecule is CCN(CC)Cc1ccc(C(=Cc2cc[n+](C)cc2)C=C2Sc3ccc(S(=O)(=O)NCCCS(=O)(=O)[O-])cc3N2C)cc1. The molecule has 0 saturated heterocycles. The molecule has 0 aliphatic carbocycles. The van der Waals surface area contributed by atoms with Crippen molar-refractivity contribution < 1.29 is 26.0 Å². The maximum Gasteiger partial charge on any atom is 0.240 e. The van der Waals surface area contributed by atoms with Crippen molar-refractivity contribution in [1.82, 2.24) is 9.62 Å². The highest BCUT2D eigenvalue weighted by Crippen LogP contribution is 2.46. The van der Waals surface area contributed by atoms with E-state index < -0.39 is 25.9 Å². The lowest BCUT2D eigenvalue weighted by molar-refractivity contribution is -0.671. The zero-order chi connectivity index (χ0) is 31.2. The highest BCUT2D eigenvalue weighted by atomic mass is 32.2. The van der Waals surface area contributed by atoms with Gasteiger partial charge in [0, 0.05) is 42.9 Å². The van der Waals surface area contributed by atoms with E-state index in [1.54, 1.807) is 23.9 Å². The van der Waals surface area contributed by atoms with Gasteiger partial charge < -0.3 is 9.45 Å². The number of benzene rings is 2. The number of hydrogen-bond acceptors (Lipinski definition) is 8. The number of aryl methyl sites for hydroxylation is 1. The van der Waals surface area contributed by atoms with Crippen LogP contribution in [0.15, 0.2) is 87.9 Å². The van der Waals surface area contributed by atoms with E-state index in [1.165, 1.54) is 11.6 Å². The molecule has 12 heteroatoms. The Bertz CT molecular complexity index is 1700. The maximum absolute atomic E-state index is 12.9. The van der Waals surface area contributed by atoms with Gasteiger partial charge in [0.05, 0.1) is 25.7 Å².